The molecule has 0 bridgehead atoms. The van der Waals surface area contributed by atoms with E-state index < -0.39 is 6.10 Å². The average Bonchev–Trinajstić information content (AvgIpc) is 2.46. The molecule has 3 nitrogen and oxygen atoms in total. The molecule has 22 heavy (non-hydrogen) atoms. The summed E-state index contributed by atoms with van der Waals surface area (Å²) in [6.07, 6.45) is 4.97. The van der Waals surface area contributed by atoms with Crippen molar-refractivity contribution in [1.29, 1.82) is 0 Å². The van der Waals surface area contributed by atoms with Crippen LogP contribution in [0.5, 0.6) is 5.75 Å². The van der Waals surface area contributed by atoms with Crippen LogP contribution < -0.4 is 4.74 Å². The van der Waals surface area contributed by atoms with Gasteiger partial charge in [-0.1, -0.05) is 51.1 Å². The second-order valence-electron chi connectivity index (χ2n) is 7.19. The number of rotatable bonds is 5. The summed E-state index contributed by atoms with van der Waals surface area (Å²) in [4.78, 5) is 2.26. The minimum atomic E-state index is -0.459. The lowest BCUT2D eigenvalue weighted by molar-refractivity contribution is 0.0703. The molecule has 2 rings (SSSR count). The van der Waals surface area contributed by atoms with Crippen molar-refractivity contribution >= 4 is 0 Å². The molecule has 1 aliphatic rings. The fourth-order valence-corrected chi connectivity index (χ4v) is 2.82. The molecule has 1 unspecified atom stereocenters. The van der Waals surface area contributed by atoms with Gasteiger partial charge in [-0.25, -0.2) is 0 Å². The molecule has 0 saturated carbocycles. The van der Waals surface area contributed by atoms with Crippen LogP contribution in [-0.4, -0.2) is 42.4 Å². The molecule has 122 valence electrons. The fraction of sp³-hybridized carbons (Fsp3) is 0.579. The maximum Gasteiger partial charge on any atom is 0.126 e. The van der Waals surface area contributed by atoms with E-state index in [9.17, 15) is 5.11 Å². The molecule has 1 N–H and O–H groups in total. The Morgan fingerprint density at radius 1 is 1.27 bits per heavy atom. The molecule has 0 aliphatic carbocycles. The quantitative estimate of drug-likeness (QED) is 0.847. The van der Waals surface area contributed by atoms with E-state index in [4.69, 9.17) is 4.74 Å². The van der Waals surface area contributed by atoms with Crippen LogP contribution in [0.25, 0.3) is 0 Å². The van der Waals surface area contributed by atoms with Gasteiger partial charge in [0.1, 0.15) is 18.5 Å². The molecule has 0 saturated heterocycles. The smallest absolute Gasteiger partial charge is 0.126 e. The second kappa shape index (κ2) is 7.30. The maximum atomic E-state index is 10.3. The Bertz CT molecular complexity index is 517. The van der Waals surface area contributed by atoms with Gasteiger partial charge in [0.25, 0.3) is 0 Å². The Balaban J connectivity index is 1.97. The van der Waals surface area contributed by atoms with Crippen LogP contribution in [-0.2, 0) is 5.41 Å². The van der Waals surface area contributed by atoms with Gasteiger partial charge in [-0.2, -0.15) is 0 Å². The van der Waals surface area contributed by atoms with Gasteiger partial charge in [0, 0.05) is 19.6 Å². The highest BCUT2D eigenvalue weighted by Gasteiger charge is 2.21. The summed E-state index contributed by atoms with van der Waals surface area (Å²) in [5, 5.41) is 10.3. The number of nitrogens with zero attached hydrogens (tertiary/aromatic N) is 1. The molecule has 1 aromatic rings. The first-order valence-corrected chi connectivity index (χ1v) is 8.16. The largest absolute Gasteiger partial charge is 0.490 e. The van der Waals surface area contributed by atoms with Crippen LogP contribution in [0.2, 0.25) is 0 Å². The van der Waals surface area contributed by atoms with Crippen LogP contribution in [0.4, 0.5) is 0 Å². The minimum Gasteiger partial charge on any atom is -0.490 e. The zero-order chi connectivity index (χ0) is 16.2. The molecule has 1 aliphatic heterocycles. The number of benzene rings is 1. The lowest BCUT2D eigenvalue weighted by atomic mass is 9.85. The first kappa shape index (κ1) is 17.0. The lowest BCUT2D eigenvalue weighted by Gasteiger charge is -2.27. The van der Waals surface area contributed by atoms with Gasteiger partial charge < -0.3 is 9.84 Å². The van der Waals surface area contributed by atoms with Crippen LogP contribution in [0.3, 0.4) is 0 Å². The van der Waals surface area contributed by atoms with E-state index in [1.54, 1.807) is 0 Å². The van der Waals surface area contributed by atoms with Gasteiger partial charge in [-0.05, 0) is 29.9 Å². The van der Waals surface area contributed by atoms with E-state index in [0.717, 1.165) is 30.8 Å². The topological polar surface area (TPSA) is 32.7 Å². The highest BCUT2D eigenvalue weighted by molar-refractivity contribution is 5.44. The third-order valence-corrected chi connectivity index (χ3v) is 4.05. The summed E-state index contributed by atoms with van der Waals surface area (Å²) in [7, 11) is 0. The number of para-hydroxylation sites is 1. The number of hydrogen-bond donors (Lipinski definition) is 1. The Morgan fingerprint density at radius 3 is 2.68 bits per heavy atom. The van der Waals surface area contributed by atoms with E-state index in [-0.39, 0.29) is 5.41 Å². The Morgan fingerprint density at radius 2 is 2.05 bits per heavy atom. The number of aryl methyl sites for hydroxylation is 1. The standard InChI is InChI=1S/C19H29NO2/c1-15-9-8-10-17(19(2,3)4)18(15)22-14-16(21)13-20-11-6-5-7-12-20/h5-6,8-10,16,21H,7,11-14H2,1-4H3. The second-order valence-corrected chi connectivity index (χ2v) is 7.19. The summed E-state index contributed by atoms with van der Waals surface area (Å²) in [5.74, 6) is 0.924. The number of β-amino-alcohol motifs (C(OH)–C–C–N with tert-alkyl or cyclic N) is 1. The Labute approximate surface area is 134 Å². The average molecular weight is 303 g/mol. The van der Waals surface area contributed by atoms with Gasteiger partial charge >= 0.3 is 0 Å². The van der Waals surface area contributed by atoms with E-state index in [1.165, 1.54) is 5.56 Å². The molecule has 0 radical (unpaired) electrons. The number of aliphatic hydroxyl groups is 1. The summed E-state index contributed by atoms with van der Waals surface area (Å²) >= 11 is 0. The summed E-state index contributed by atoms with van der Waals surface area (Å²) < 4.78 is 6.00. The zero-order valence-electron chi connectivity index (χ0n) is 14.3. The van der Waals surface area contributed by atoms with Crippen molar-refractivity contribution in [2.45, 2.75) is 45.6 Å². The van der Waals surface area contributed by atoms with Crippen molar-refractivity contribution in [2.75, 3.05) is 26.2 Å². The van der Waals surface area contributed by atoms with Crippen LogP contribution in [0.15, 0.2) is 30.4 Å². The predicted molar refractivity (Wildman–Crippen MR) is 91.6 cm³/mol. The third kappa shape index (κ3) is 4.59. The van der Waals surface area contributed by atoms with Gasteiger partial charge in [0.2, 0.25) is 0 Å². The van der Waals surface area contributed by atoms with Crippen molar-refractivity contribution in [1.82, 2.24) is 4.90 Å². The SMILES string of the molecule is Cc1cccc(C(C)(C)C)c1OCC(O)CN1CC=CCC1. The fourth-order valence-electron chi connectivity index (χ4n) is 2.82. The molecule has 0 fully saturated rings. The molecule has 0 spiro atoms. The van der Waals surface area contributed by atoms with Gasteiger partial charge in [-0.3, -0.25) is 4.90 Å². The van der Waals surface area contributed by atoms with Gasteiger partial charge in [0.05, 0.1) is 0 Å². The molecule has 1 atom stereocenters. The van der Waals surface area contributed by atoms with Crippen molar-refractivity contribution < 1.29 is 9.84 Å². The monoisotopic (exact) mass is 303 g/mol. The van der Waals surface area contributed by atoms with Gasteiger partial charge in [0.15, 0.2) is 0 Å². The normalized spacial score (nSPS) is 17.5. The van der Waals surface area contributed by atoms with E-state index in [0.29, 0.717) is 13.2 Å². The maximum absolute atomic E-state index is 10.3. The number of hydrogen-bond acceptors (Lipinski definition) is 3. The highest BCUT2D eigenvalue weighted by atomic mass is 16.5. The summed E-state index contributed by atoms with van der Waals surface area (Å²) in [5.41, 5.74) is 2.35. The van der Waals surface area contributed by atoms with Crippen LogP contribution >= 0.6 is 0 Å². The van der Waals surface area contributed by atoms with Crippen LogP contribution in [0.1, 0.15) is 38.3 Å². The summed E-state index contributed by atoms with van der Waals surface area (Å²) in [6.45, 7) is 11.6. The summed E-state index contributed by atoms with van der Waals surface area (Å²) in [6, 6.07) is 6.25. The van der Waals surface area contributed by atoms with Crippen LogP contribution in [0, 0.1) is 6.92 Å². The zero-order valence-corrected chi connectivity index (χ0v) is 14.3. The molecule has 1 aromatic carbocycles. The lowest BCUT2D eigenvalue weighted by Crippen LogP contribution is -2.37. The molecular weight excluding hydrogens is 274 g/mol. The Kier molecular flexibility index (Phi) is 5.65. The van der Waals surface area contributed by atoms with Crippen molar-refractivity contribution in [3.63, 3.8) is 0 Å². The van der Waals surface area contributed by atoms with Crippen molar-refractivity contribution in [2.24, 2.45) is 0 Å². The van der Waals surface area contributed by atoms with E-state index in [1.807, 2.05) is 0 Å². The van der Waals surface area contributed by atoms with Gasteiger partial charge in [-0.15, -0.1) is 0 Å². The number of ether oxygens (including phenoxy) is 1. The molecular formula is C19H29NO2. The third-order valence-electron chi connectivity index (χ3n) is 4.05. The van der Waals surface area contributed by atoms with Crippen molar-refractivity contribution in [3.05, 3.63) is 41.5 Å². The first-order valence-electron chi connectivity index (χ1n) is 8.16. The molecule has 1 heterocycles. The first-order chi connectivity index (χ1) is 10.4. The predicted octanol–water partition coefficient (Wildman–Crippen LogP) is 3.29. The molecule has 0 aromatic heterocycles. The Hall–Kier alpha value is -1.32. The van der Waals surface area contributed by atoms with E-state index in [2.05, 4.69) is 62.9 Å². The number of aliphatic hydroxyl groups excluding tert-OH is 1. The molecule has 3 heteroatoms. The molecule has 0 amide bonds. The van der Waals surface area contributed by atoms with Crippen molar-refractivity contribution in [3.8, 4) is 5.75 Å². The van der Waals surface area contributed by atoms with E-state index >= 15 is 0 Å². The highest BCUT2D eigenvalue weighted by Crippen LogP contribution is 2.33. The minimum absolute atomic E-state index is 0.0317.